The highest BCUT2D eigenvalue weighted by Gasteiger charge is 2.17. The van der Waals surface area contributed by atoms with Gasteiger partial charge in [-0.1, -0.05) is 19.4 Å². The van der Waals surface area contributed by atoms with Crippen LogP contribution in [0.5, 0.6) is 5.75 Å². The van der Waals surface area contributed by atoms with Crippen LogP contribution in [0.2, 0.25) is 0 Å². The quantitative estimate of drug-likeness (QED) is 0.700. The number of carboxylic acid groups (broad SMARTS) is 1. The Labute approximate surface area is 104 Å². The van der Waals surface area contributed by atoms with Gasteiger partial charge in [-0.25, -0.2) is 9.59 Å². The van der Waals surface area contributed by atoms with Gasteiger partial charge in [-0.2, -0.15) is 0 Å². The summed E-state index contributed by atoms with van der Waals surface area (Å²) in [5.41, 5.74) is -0.353. The second-order valence-corrected chi connectivity index (χ2v) is 3.62. The molecule has 98 valence electrons. The molecule has 0 aromatic heterocycles. The fourth-order valence-electron chi connectivity index (χ4n) is 1.32. The second kappa shape index (κ2) is 6.48. The molecule has 0 spiro atoms. The van der Waals surface area contributed by atoms with E-state index in [0.717, 1.165) is 12.8 Å². The molecule has 0 bridgehead atoms. The van der Waals surface area contributed by atoms with E-state index in [-0.39, 0.29) is 17.9 Å². The molecule has 0 aliphatic carbocycles. The standard InChI is InChI=1S/C12H15NO5/c1-2-3-7-18-12(17)13-8-5-4-6-9(14)10(8)11(15)16/h4-6,14H,2-3,7H2,1H3,(H,13,17)(H,15,16). The van der Waals surface area contributed by atoms with Crippen molar-refractivity contribution in [2.75, 3.05) is 11.9 Å². The highest BCUT2D eigenvalue weighted by Crippen LogP contribution is 2.25. The van der Waals surface area contributed by atoms with Gasteiger partial charge in [-0.05, 0) is 18.6 Å². The van der Waals surface area contributed by atoms with E-state index in [1.165, 1.54) is 18.2 Å². The van der Waals surface area contributed by atoms with Crippen molar-refractivity contribution in [3.8, 4) is 5.75 Å². The summed E-state index contributed by atoms with van der Waals surface area (Å²) in [5, 5.41) is 20.6. The molecule has 18 heavy (non-hydrogen) atoms. The summed E-state index contributed by atoms with van der Waals surface area (Å²) in [7, 11) is 0. The zero-order valence-corrected chi connectivity index (χ0v) is 9.97. The maximum absolute atomic E-state index is 11.4. The molecule has 0 heterocycles. The van der Waals surface area contributed by atoms with Gasteiger partial charge in [0.1, 0.15) is 11.3 Å². The number of nitrogens with one attached hydrogen (secondary N) is 1. The minimum Gasteiger partial charge on any atom is -0.507 e. The summed E-state index contributed by atoms with van der Waals surface area (Å²) in [6, 6.07) is 4.05. The summed E-state index contributed by atoms with van der Waals surface area (Å²) in [6.07, 6.45) is 0.885. The first-order chi connectivity index (χ1) is 8.56. The number of ether oxygens (including phenoxy) is 1. The van der Waals surface area contributed by atoms with E-state index >= 15 is 0 Å². The number of carboxylic acids is 1. The second-order valence-electron chi connectivity index (χ2n) is 3.62. The molecule has 0 aliphatic heterocycles. The number of hydrogen-bond donors (Lipinski definition) is 3. The third-order valence-electron chi connectivity index (χ3n) is 2.22. The number of carbonyl (C=O) groups is 2. The number of carbonyl (C=O) groups excluding carboxylic acids is 1. The molecule has 0 saturated heterocycles. The lowest BCUT2D eigenvalue weighted by Gasteiger charge is -2.09. The lowest BCUT2D eigenvalue weighted by molar-refractivity contribution is 0.0695. The molecule has 0 atom stereocenters. The first-order valence-electron chi connectivity index (χ1n) is 5.55. The van der Waals surface area contributed by atoms with Crippen molar-refractivity contribution in [1.82, 2.24) is 0 Å². The Morgan fingerprint density at radius 3 is 2.72 bits per heavy atom. The fourth-order valence-corrected chi connectivity index (χ4v) is 1.32. The van der Waals surface area contributed by atoms with Crippen LogP contribution < -0.4 is 5.32 Å². The number of hydrogen-bond acceptors (Lipinski definition) is 4. The van der Waals surface area contributed by atoms with Crippen LogP contribution in [0.25, 0.3) is 0 Å². The molecular weight excluding hydrogens is 238 g/mol. The van der Waals surface area contributed by atoms with E-state index in [0.29, 0.717) is 0 Å². The van der Waals surface area contributed by atoms with E-state index in [2.05, 4.69) is 5.32 Å². The van der Waals surface area contributed by atoms with Gasteiger partial charge in [0.15, 0.2) is 0 Å². The van der Waals surface area contributed by atoms with Crippen molar-refractivity contribution >= 4 is 17.7 Å². The molecule has 1 aromatic carbocycles. The maximum Gasteiger partial charge on any atom is 0.411 e. The summed E-state index contributed by atoms with van der Waals surface area (Å²) >= 11 is 0. The Balaban J connectivity index is 2.75. The van der Waals surface area contributed by atoms with Crippen LogP contribution in [0.4, 0.5) is 10.5 Å². The van der Waals surface area contributed by atoms with Crippen LogP contribution in [-0.2, 0) is 4.74 Å². The molecule has 0 saturated carbocycles. The molecule has 1 aromatic rings. The molecule has 1 amide bonds. The highest BCUT2D eigenvalue weighted by molar-refractivity contribution is 6.01. The maximum atomic E-state index is 11.4. The van der Waals surface area contributed by atoms with Crippen molar-refractivity contribution in [1.29, 1.82) is 0 Å². The number of aromatic hydroxyl groups is 1. The molecule has 3 N–H and O–H groups in total. The van der Waals surface area contributed by atoms with Gasteiger partial charge in [-0.3, -0.25) is 5.32 Å². The highest BCUT2D eigenvalue weighted by atomic mass is 16.5. The third kappa shape index (κ3) is 3.65. The number of amides is 1. The average Bonchev–Trinajstić information content (AvgIpc) is 2.28. The Bertz CT molecular complexity index is 444. The smallest absolute Gasteiger partial charge is 0.411 e. The van der Waals surface area contributed by atoms with Crippen molar-refractivity contribution in [2.45, 2.75) is 19.8 Å². The van der Waals surface area contributed by atoms with Crippen LogP contribution >= 0.6 is 0 Å². The first-order valence-corrected chi connectivity index (χ1v) is 5.55. The average molecular weight is 253 g/mol. The minimum absolute atomic E-state index is 0.00370. The van der Waals surface area contributed by atoms with Crippen LogP contribution in [0.15, 0.2) is 18.2 Å². The van der Waals surface area contributed by atoms with Crippen LogP contribution in [0.3, 0.4) is 0 Å². The molecule has 0 unspecified atom stereocenters. The van der Waals surface area contributed by atoms with Gasteiger partial charge in [0.05, 0.1) is 12.3 Å². The number of aromatic carboxylic acids is 1. The number of unbranched alkanes of at least 4 members (excludes halogenated alkanes) is 1. The van der Waals surface area contributed by atoms with E-state index < -0.39 is 17.8 Å². The Hall–Kier alpha value is -2.24. The molecule has 0 aliphatic rings. The third-order valence-corrected chi connectivity index (χ3v) is 2.22. The normalized spacial score (nSPS) is 9.83. The monoisotopic (exact) mass is 253 g/mol. The SMILES string of the molecule is CCCCOC(=O)Nc1cccc(O)c1C(=O)O. The zero-order chi connectivity index (χ0) is 13.5. The fraction of sp³-hybridized carbons (Fsp3) is 0.333. The molecule has 0 fully saturated rings. The van der Waals surface area contributed by atoms with E-state index in [1.54, 1.807) is 0 Å². The van der Waals surface area contributed by atoms with Crippen molar-refractivity contribution in [3.63, 3.8) is 0 Å². The molecular formula is C12H15NO5. The van der Waals surface area contributed by atoms with E-state index in [9.17, 15) is 14.7 Å². The lowest BCUT2D eigenvalue weighted by Crippen LogP contribution is -2.16. The van der Waals surface area contributed by atoms with Gasteiger partial charge < -0.3 is 14.9 Å². The van der Waals surface area contributed by atoms with Gasteiger partial charge in [-0.15, -0.1) is 0 Å². The summed E-state index contributed by atoms with van der Waals surface area (Å²) in [5.74, 6) is -1.73. The summed E-state index contributed by atoms with van der Waals surface area (Å²) in [4.78, 5) is 22.3. The predicted molar refractivity (Wildman–Crippen MR) is 64.9 cm³/mol. The number of rotatable bonds is 5. The van der Waals surface area contributed by atoms with Crippen molar-refractivity contribution in [2.24, 2.45) is 0 Å². The van der Waals surface area contributed by atoms with Crippen LogP contribution in [-0.4, -0.2) is 28.9 Å². The van der Waals surface area contributed by atoms with Gasteiger partial charge >= 0.3 is 12.1 Å². The Morgan fingerprint density at radius 1 is 1.39 bits per heavy atom. The topological polar surface area (TPSA) is 95.9 Å². The molecule has 1 rings (SSSR count). The van der Waals surface area contributed by atoms with Gasteiger partial charge in [0.2, 0.25) is 0 Å². The van der Waals surface area contributed by atoms with Crippen molar-refractivity contribution in [3.05, 3.63) is 23.8 Å². The number of anilines is 1. The van der Waals surface area contributed by atoms with Gasteiger partial charge in [0, 0.05) is 0 Å². The van der Waals surface area contributed by atoms with Crippen LogP contribution in [0.1, 0.15) is 30.1 Å². The van der Waals surface area contributed by atoms with Crippen LogP contribution in [0, 0.1) is 0 Å². The van der Waals surface area contributed by atoms with E-state index in [4.69, 9.17) is 9.84 Å². The molecule has 6 nitrogen and oxygen atoms in total. The Kier molecular flexibility index (Phi) is 4.98. The number of phenols is 1. The number of benzene rings is 1. The van der Waals surface area contributed by atoms with Gasteiger partial charge in [0.25, 0.3) is 0 Å². The first kappa shape index (κ1) is 13.8. The predicted octanol–water partition coefficient (Wildman–Crippen LogP) is 2.44. The lowest BCUT2D eigenvalue weighted by atomic mass is 10.1. The largest absolute Gasteiger partial charge is 0.507 e. The van der Waals surface area contributed by atoms with Crippen molar-refractivity contribution < 1.29 is 24.5 Å². The molecule has 6 heteroatoms. The van der Waals surface area contributed by atoms with E-state index in [1.807, 2.05) is 6.92 Å². The minimum atomic E-state index is -1.32. The Morgan fingerprint density at radius 2 is 2.11 bits per heavy atom. The summed E-state index contributed by atoms with van der Waals surface area (Å²) in [6.45, 7) is 2.22. The molecule has 0 radical (unpaired) electrons. The zero-order valence-electron chi connectivity index (χ0n) is 9.97. The summed E-state index contributed by atoms with van der Waals surface area (Å²) < 4.78 is 4.84.